The van der Waals surface area contributed by atoms with E-state index in [0.717, 1.165) is 6.54 Å². The predicted molar refractivity (Wildman–Crippen MR) is 43.3 cm³/mol. The minimum atomic E-state index is 0.203. The molecule has 0 aliphatic carbocycles. The zero-order valence-electron chi connectivity index (χ0n) is 6.84. The molecule has 2 heteroatoms. The maximum absolute atomic E-state index is 10.8. The molecule has 2 saturated heterocycles. The number of piperidine rings is 1. The number of carbonyl (C=O) groups excluding carboxylic acids is 1. The van der Waals surface area contributed by atoms with Crippen LogP contribution in [0.25, 0.3) is 0 Å². The van der Waals surface area contributed by atoms with Crippen molar-refractivity contribution < 1.29 is 4.79 Å². The Hall–Kier alpha value is -0.630. The molecule has 0 radical (unpaired) electrons. The Bertz CT molecular complexity index is 220. The first-order valence-corrected chi connectivity index (χ1v) is 4.19. The van der Waals surface area contributed by atoms with Gasteiger partial charge in [0.25, 0.3) is 0 Å². The van der Waals surface area contributed by atoms with Crippen molar-refractivity contribution in [2.45, 2.75) is 13.3 Å². The van der Waals surface area contributed by atoms with E-state index < -0.39 is 0 Å². The van der Waals surface area contributed by atoms with Gasteiger partial charge < -0.3 is 0 Å². The summed E-state index contributed by atoms with van der Waals surface area (Å²) in [6, 6.07) is 0. The Kier molecular flexibility index (Phi) is 1.57. The van der Waals surface area contributed by atoms with E-state index in [0.29, 0.717) is 5.92 Å². The molecule has 1 unspecified atom stereocenters. The SMILES string of the molecule is CC(=O)/C=C1\CN2CC[C@H]1C2. The van der Waals surface area contributed by atoms with E-state index in [2.05, 4.69) is 4.90 Å². The minimum Gasteiger partial charge on any atom is -0.299 e. The molecule has 2 aliphatic rings. The summed E-state index contributed by atoms with van der Waals surface area (Å²) in [5.41, 5.74) is 1.36. The van der Waals surface area contributed by atoms with Gasteiger partial charge in [0.15, 0.2) is 5.78 Å². The maximum Gasteiger partial charge on any atom is 0.152 e. The normalized spacial score (nSPS) is 38.5. The van der Waals surface area contributed by atoms with Crippen LogP contribution in [-0.2, 0) is 4.79 Å². The van der Waals surface area contributed by atoms with E-state index in [1.165, 1.54) is 25.1 Å². The third kappa shape index (κ3) is 1.23. The lowest BCUT2D eigenvalue weighted by molar-refractivity contribution is -0.112. The second kappa shape index (κ2) is 2.45. The monoisotopic (exact) mass is 151 g/mol. The number of allylic oxidation sites excluding steroid dienone is 1. The van der Waals surface area contributed by atoms with E-state index in [9.17, 15) is 4.79 Å². The molecule has 11 heavy (non-hydrogen) atoms. The smallest absolute Gasteiger partial charge is 0.152 e. The lowest BCUT2D eigenvalue weighted by atomic mass is 9.98. The molecule has 0 saturated carbocycles. The largest absolute Gasteiger partial charge is 0.299 e. The molecule has 2 bridgehead atoms. The molecule has 2 heterocycles. The second-order valence-electron chi connectivity index (χ2n) is 3.55. The van der Waals surface area contributed by atoms with Crippen LogP contribution in [0.2, 0.25) is 0 Å². The number of fused-ring (bicyclic) bond motifs is 2. The topological polar surface area (TPSA) is 20.3 Å². The van der Waals surface area contributed by atoms with Gasteiger partial charge in [-0.25, -0.2) is 0 Å². The molecule has 0 amide bonds. The molecule has 2 aliphatic heterocycles. The molecule has 2 atom stereocenters. The number of hydrogen-bond acceptors (Lipinski definition) is 2. The van der Waals surface area contributed by atoms with Gasteiger partial charge in [-0.05, 0) is 37.5 Å². The van der Waals surface area contributed by atoms with Gasteiger partial charge in [0, 0.05) is 13.1 Å². The third-order valence-electron chi connectivity index (χ3n) is 2.59. The summed E-state index contributed by atoms with van der Waals surface area (Å²) < 4.78 is 0. The summed E-state index contributed by atoms with van der Waals surface area (Å²) in [4.78, 5) is 13.2. The second-order valence-corrected chi connectivity index (χ2v) is 3.55. The molecular weight excluding hydrogens is 138 g/mol. The Balaban J connectivity index is 2.13. The van der Waals surface area contributed by atoms with E-state index >= 15 is 0 Å². The fourth-order valence-electron chi connectivity index (χ4n) is 2.09. The highest BCUT2D eigenvalue weighted by Crippen LogP contribution is 2.31. The molecule has 0 aromatic rings. The lowest BCUT2D eigenvalue weighted by Crippen LogP contribution is -2.18. The summed E-state index contributed by atoms with van der Waals surface area (Å²) in [5.74, 6) is 0.910. The minimum absolute atomic E-state index is 0.203. The summed E-state index contributed by atoms with van der Waals surface area (Å²) >= 11 is 0. The molecule has 0 aromatic carbocycles. The first kappa shape index (κ1) is 7.04. The van der Waals surface area contributed by atoms with Gasteiger partial charge in [-0.3, -0.25) is 9.69 Å². The molecule has 2 nitrogen and oxygen atoms in total. The van der Waals surface area contributed by atoms with Crippen molar-refractivity contribution >= 4 is 5.78 Å². The van der Waals surface area contributed by atoms with Crippen LogP contribution in [0, 0.1) is 5.92 Å². The lowest BCUT2D eigenvalue weighted by Gasteiger charge is -2.13. The van der Waals surface area contributed by atoms with E-state index in [4.69, 9.17) is 0 Å². The summed E-state index contributed by atoms with van der Waals surface area (Å²) in [5, 5.41) is 0. The first-order chi connectivity index (χ1) is 5.25. The number of hydrogen-bond donors (Lipinski definition) is 0. The van der Waals surface area contributed by atoms with Crippen molar-refractivity contribution in [2.75, 3.05) is 19.6 Å². The summed E-state index contributed by atoms with van der Waals surface area (Å²) in [6.45, 7) is 5.11. The molecule has 0 N–H and O–H groups in total. The fourth-order valence-corrected chi connectivity index (χ4v) is 2.09. The molecular formula is C9H13NO. The Morgan fingerprint density at radius 3 is 3.00 bits per heavy atom. The Morgan fingerprint density at radius 2 is 2.55 bits per heavy atom. The van der Waals surface area contributed by atoms with Crippen molar-refractivity contribution in [3.8, 4) is 0 Å². The van der Waals surface area contributed by atoms with Crippen molar-refractivity contribution in [3.05, 3.63) is 11.6 Å². The van der Waals surface area contributed by atoms with Gasteiger partial charge in [0.2, 0.25) is 0 Å². The summed E-state index contributed by atoms with van der Waals surface area (Å²) in [7, 11) is 0. The average Bonchev–Trinajstić information content (AvgIpc) is 2.45. The standard InChI is InChI=1S/C9H13NO/c1-7(11)4-9-6-10-3-2-8(9)5-10/h4,8H,2-3,5-6H2,1H3/b9-4+/t8-/m0/s1. The van der Waals surface area contributed by atoms with Crippen molar-refractivity contribution in [3.63, 3.8) is 0 Å². The van der Waals surface area contributed by atoms with E-state index in [1.54, 1.807) is 6.92 Å². The molecule has 0 spiro atoms. The van der Waals surface area contributed by atoms with Crippen LogP contribution >= 0.6 is 0 Å². The van der Waals surface area contributed by atoms with Crippen LogP contribution in [0.5, 0.6) is 0 Å². The Labute approximate surface area is 66.9 Å². The fraction of sp³-hybridized carbons (Fsp3) is 0.667. The van der Waals surface area contributed by atoms with Crippen LogP contribution in [0.4, 0.5) is 0 Å². The van der Waals surface area contributed by atoms with Gasteiger partial charge in [0.05, 0.1) is 0 Å². The number of nitrogens with zero attached hydrogens (tertiary/aromatic N) is 1. The quantitative estimate of drug-likeness (QED) is 0.517. The van der Waals surface area contributed by atoms with Crippen molar-refractivity contribution in [1.29, 1.82) is 0 Å². The van der Waals surface area contributed by atoms with Gasteiger partial charge >= 0.3 is 0 Å². The van der Waals surface area contributed by atoms with Gasteiger partial charge in [0.1, 0.15) is 0 Å². The molecule has 60 valence electrons. The highest BCUT2D eigenvalue weighted by Gasteiger charge is 2.33. The molecule has 2 fully saturated rings. The Morgan fingerprint density at radius 1 is 1.73 bits per heavy atom. The third-order valence-corrected chi connectivity index (χ3v) is 2.59. The van der Waals surface area contributed by atoms with Crippen LogP contribution in [0.1, 0.15) is 13.3 Å². The average molecular weight is 151 g/mol. The zero-order valence-corrected chi connectivity index (χ0v) is 6.84. The highest BCUT2D eigenvalue weighted by atomic mass is 16.1. The summed E-state index contributed by atoms with van der Waals surface area (Å²) in [6.07, 6.45) is 3.09. The van der Waals surface area contributed by atoms with E-state index in [1.807, 2.05) is 6.08 Å². The van der Waals surface area contributed by atoms with Crippen molar-refractivity contribution in [2.24, 2.45) is 5.92 Å². The van der Waals surface area contributed by atoms with Crippen LogP contribution in [0.3, 0.4) is 0 Å². The first-order valence-electron chi connectivity index (χ1n) is 4.19. The molecule has 0 aromatic heterocycles. The number of ketones is 1. The van der Waals surface area contributed by atoms with Crippen LogP contribution < -0.4 is 0 Å². The van der Waals surface area contributed by atoms with Gasteiger partial charge in [-0.2, -0.15) is 0 Å². The highest BCUT2D eigenvalue weighted by molar-refractivity contribution is 5.88. The number of rotatable bonds is 1. The zero-order chi connectivity index (χ0) is 7.84. The molecule has 2 rings (SSSR count). The van der Waals surface area contributed by atoms with E-state index in [-0.39, 0.29) is 5.78 Å². The maximum atomic E-state index is 10.8. The van der Waals surface area contributed by atoms with Crippen LogP contribution in [-0.4, -0.2) is 30.3 Å². The van der Waals surface area contributed by atoms with Gasteiger partial charge in [-0.1, -0.05) is 0 Å². The predicted octanol–water partition coefficient (Wildman–Crippen LogP) is 0.837. The van der Waals surface area contributed by atoms with Crippen LogP contribution in [0.15, 0.2) is 11.6 Å². The number of carbonyl (C=O) groups is 1. The van der Waals surface area contributed by atoms with Gasteiger partial charge in [-0.15, -0.1) is 0 Å². The van der Waals surface area contributed by atoms with Crippen molar-refractivity contribution in [1.82, 2.24) is 4.90 Å².